The zero-order valence-electron chi connectivity index (χ0n) is 7.21. The number of amides is 1. The Labute approximate surface area is 75.5 Å². The molecule has 0 bridgehead atoms. The van der Waals surface area contributed by atoms with Crippen LogP contribution >= 0.6 is 0 Å². The van der Waals surface area contributed by atoms with Gasteiger partial charge in [0.1, 0.15) is 5.75 Å². The van der Waals surface area contributed by atoms with Crippen LogP contribution in [-0.4, -0.2) is 19.8 Å². The van der Waals surface area contributed by atoms with E-state index in [2.05, 4.69) is 10.1 Å². The number of benzene rings is 1. The van der Waals surface area contributed by atoms with Crippen molar-refractivity contribution in [3.63, 3.8) is 0 Å². The number of carbonyl (C=O) groups is 1. The van der Waals surface area contributed by atoms with Gasteiger partial charge < -0.3 is 10.1 Å². The highest BCUT2D eigenvalue weighted by atomic mass is 19.1. The normalized spacial score (nSPS) is 9.38. The van der Waals surface area contributed by atoms with Crippen molar-refractivity contribution in [2.45, 2.75) is 0 Å². The Balaban J connectivity index is 2.97. The Hall–Kier alpha value is -1.58. The molecule has 0 unspecified atom stereocenters. The van der Waals surface area contributed by atoms with Crippen LogP contribution < -0.4 is 10.1 Å². The largest absolute Gasteiger partial charge is 0.462 e. The molecular formula is C9H10FNO2. The average molecular weight is 183 g/mol. The molecule has 1 N–H and O–H groups in total. The van der Waals surface area contributed by atoms with Crippen molar-refractivity contribution in [3.05, 3.63) is 29.8 Å². The highest BCUT2D eigenvalue weighted by Crippen LogP contribution is 2.17. The summed E-state index contributed by atoms with van der Waals surface area (Å²) >= 11 is 0. The summed E-state index contributed by atoms with van der Waals surface area (Å²) in [5, 5.41) is 2.44. The molecule has 0 atom stereocenters. The predicted octanol–water partition coefficient (Wildman–Crippen LogP) is 1.35. The Morgan fingerprint density at radius 3 is 2.85 bits per heavy atom. The minimum atomic E-state index is -0.937. The minimum Gasteiger partial charge on any atom is -0.462 e. The van der Waals surface area contributed by atoms with Crippen molar-refractivity contribution in [1.82, 2.24) is 5.32 Å². The number of carbonyl (C=O) groups excluding carboxylic acids is 1. The number of nitrogens with one attached hydrogen (secondary N) is 1. The lowest BCUT2D eigenvalue weighted by Crippen LogP contribution is -2.18. The van der Waals surface area contributed by atoms with E-state index < -0.39 is 6.86 Å². The Morgan fingerprint density at radius 1 is 1.54 bits per heavy atom. The van der Waals surface area contributed by atoms with Gasteiger partial charge in [0.15, 0.2) is 0 Å². The molecule has 1 aromatic rings. The molecule has 0 spiro atoms. The predicted molar refractivity (Wildman–Crippen MR) is 46.4 cm³/mol. The zero-order chi connectivity index (χ0) is 9.68. The molecule has 1 rings (SSSR count). The summed E-state index contributed by atoms with van der Waals surface area (Å²) in [4.78, 5) is 11.2. The van der Waals surface area contributed by atoms with Crippen LogP contribution in [-0.2, 0) is 0 Å². The fourth-order valence-electron chi connectivity index (χ4n) is 0.974. The molecule has 70 valence electrons. The highest BCUT2D eigenvalue weighted by molar-refractivity contribution is 5.96. The lowest BCUT2D eigenvalue weighted by atomic mass is 10.2. The van der Waals surface area contributed by atoms with E-state index in [4.69, 9.17) is 0 Å². The van der Waals surface area contributed by atoms with Gasteiger partial charge in [-0.15, -0.1) is 0 Å². The molecule has 4 heteroatoms. The SMILES string of the molecule is CNC(=O)c1ccccc1OCF. The van der Waals surface area contributed by atoms with Gasteiger partial charge >= 0.3 is 0 Å². The van der Waals surface area contributed by atoms with E-state index in [-0.39, 0.29) is 11.7 Å². The second-order valence-electron chi connectivity index (χ2n) is 2.33. The molecule has 1 aromatic carbocycles. The molecule has 1 amide bonds. The molecule has 0 aliphatic heterocycles. The van der Waals surface area contributed by atoms with Gasteiger partial charge in [0.05, 0.1) is 5.56 Å². The summed E-state index contributed by atoms with van der Waals surface area (Å²) in [7, 11) is 1.51. The van der Waals surface area contributed by atoms with E-state index in [1.54, 1.807) is 24.3 Å². The van der Waals surface area contributed by atoms with Crippen molar-refractivity contribution in [1.29, 1.82) is 0 Å². The third-order valence-corrected chi connectivity index (χ3v) is 1.57. The van der Waals surface area contributed by atoms with Crippen molar-refractivity contribution in [2.75, 3.05) is 13.9 Å². The van der Waals surface area contributed by atoms with Crippen molar-refractivity contribution in [3.8, 4) is 5.75 Å². The van der Waals surface area contributed by atoms with Crippen LogP contribution in [0.3, 0.4) is 0 Å². The quantitative estimate of drug-likeness (QED) is 0.768. The third-order valence-electron chi connectivity index (χ3n) is 1.57. The van der Waals surface area contributed by atoms with Crippen LogP contribution in [0.15, 0.2) is 24.3 Å². The highest BCUT2D eigenvalue weighted by Gasteiger charge is 2.09. The summed E-state index contributed by atoms with van der Waals surface area (Å²) in [6.45, 7) is -0.937. The van der Waals surface area contributed by atoms with Crippen molar-refractivity contribution in [2.24, 2.45) is 0 Å². The maximum absolute atomic E-state index is 11.9. The maximum Gasteiger partial charge on any atom is 0.254 e. The average Bonchev–Trinajstić information content (AvgIpc) is 2.18. The molecule has 0 radical (unpaired) electrons. The first kappa shape index (κ1) is 9.51. The monoisotopic (exact) mass is 183 g/mol. The number of rotatable bonds is 3. The Bertz CT molecular complexity index is 301. The standard InChI is InChI=1S/C9H10FNO2/c1-11-9(12)7-4-2-3-5-8(7)13-6-10/h2-5H,6H2,1H3,(H,11,12). The number of para-hydroxylation sites is 1. The van der Waals surface area contributed by atoms with Gasteiger partial charge in [0.25, 0.3) is 5.91 Å². The van der Waals surface area contributed by atoms with Crippen LogP contribution in [0.5, 0.6) is 5.75 Å². The zero-order valence-corrected chi connectivity index (χ0v) is 7.21. The van der Waals surface area contributed by atoms with Crippen LogP contribution in [0.4, 0.5) is 4.39 Å². The number of ether oxygens (including phenoxy) is 1. The first-order chi connectivity index (χ1) is 6.29. The van der Waals surface area contributed by atoms with Gasteiger partial charge in [-0.2, -0.15) is 0 Å². The molecule has 0 aliphatic carbocycles. The van der Waals surface area contributed by atoms with Crippen LogP contribution in [0.1, 0.15) is 10.4 Å². The molecule has 0 aliphatic rings. The van der Waals surface area contributed by atoms with Gasteiger partial charge in [-0.25, -0.2) is 4.39 Å². The summed E-state index contributed by atoms with van der Waals surface area (Å²) in [6.07, 6.45) is 0. The topological polar surface area (TPSA) is 38.3 Å². The van der Waals surface area contributed by atoms with Crippen molar-refractivity contribution >= 4 is 5.91 Å². The first-order valence-corrected chi connectivity index (χ1v) is 3.79. The van der Waals surface area contributed by atoms with Gasteiger partial charge in [-0.1, -0.05) is 12.1 Å². The molecule has 0 fully saturated rings. The first-order valence-electron chi connectivity index (χ1n) is 3.79. The number of halogens is 1. The summed E-state index contributed by atoms with van der Waals surface area (Å²) in [5.41, 5.74) is 0.336. The lowest BCUT2D eigenvalue weighted by molar-refractivity contribution is 0.0955. The van der Waals surface area contributed by atoms with E-state index >= 15 is 0 Å². The summed E-state index contributed by atoms with van der Waals surface area (Å²) in [5.74, 6) is -0.0339. The molecule has 3 nitrogen and oxygen atoms in total. The van der Waals surface area contributed by atoms with E-state index in [0.29, 0.717) is 5.56 Å². The molecule has 0 heterocycles. The van der Waals surface area contributed by atoms with Crippen molar-refractivity contribution < 1.29 is 13.9 Å². The molecular weight excluding hydrogens is 173 g/mol. The summed E-state index contributed by atoms with van der Waals surface area (Å²) in [6, 6.07) is 6.49. The maximum atomic E-state index is 11.9. The van der Waals surface area contributed by atoms with Gasteiger partial charge in [-0.3, -0.25) is 4.79 Å². The van der Waals surface area contributed by atoms with E-state index in [1.165, 1.54) is 7.05 Å². The molecule has 0 saturated carbocycles. The van der Waals surface area contributed by atoms with E-state index in [0.717, 1.165) is 0 Å². The fraction of sp³-hybridized carbons (Fsp3) is 0.222. The lowest BCUT2D eigenvalue weighted by Gasteiger charge is -2.06. The molecule has 13 heavy (non-hydrogen) atoms. The second-order valence-corrected chi connectivity index (χ2v) is 2.33. The fourth-order valence-corrected chi connectivity index (χ4v) is 0.974. The summed E-state index contributed by atoms with van der Waals surface area (Å²) < 4.78 is 16.5. The molecule has 0 saturated heterocycles. The van der Waals surface area contributed by atoms with Gasteiger partial charge in [-0.05, 0) is 12.1 Å². The molecule has 0 aromatic heterocycles. The second kappa shape index (κ2) is 4.45. The third kappa shape index (κ3) is 2.18. The minimum absolute atomic E-state index is 0.254. The van der Waals surface area contributed by atoms with Gasteiger partial charge in [0.2, 0.25) is 6.86 Å². The van der Waals surface area contributed by atoms with Crippen LogP contribution in [0.25, 0.3) is 0 Å². The van der Waals surface area contributed by atoms with Crippen LogP contribution in [0.2, 0.25) is 0 Å². The van der Waals surface area contributed by atoms with E-state index in [1.807, 2.05) is 0 Å². The number of alkyl halides is 1. The smallest absolute Gasteiger partial charge is 0.254 e. The van der Waals surface area contributed by atoms with E-state index in [9.17, 15) is 9.18 Å². The van der Waals surface area contributed by atoms with Crippen LogP contribution in [0, 0.1) is 0 Å². The Kier molecular flexibility index (Phi) is 3.25. The van der Waals surface area contributed by atoms with Gasteiger partial charge in [0, 0.05) is 7.05 Å². The number of hydrogen-bond donors (Lipinski definition) is 1. The Morgan fingerprint density at radius 2 is 2.23 bits per heavy atom. The number of hydrogen-bond acceptors (Lipinski definition) is 2.